The minimum atomic E-state index is -0.137. The number of carbonyl (C=O) groups is 1. The van der Waals surface area contributed by atoms with Crippen molar-refractivity contribution in [1.82, 2.24) is 5.32 Å². The molecular formula is C16H19N3O. The summed E-state index contributed by atoms with van der Waals surface area (Å²) in [5.74, 6) is 5.30. The molecule has 4 heteroatoms. The Labute approximate surface area is 119 Å². The van der Waals surface area contributed by atoms with Gasteiger partial charge in [-0.1, -0.05) is 41.5 Å². The molecule has 0 spiro atoms. The fourth-order valence-electron chi connectivity index (χ4n) is 1.96. The van der Waals surface area contributed by atoms with Crippen molar-refractivity contribution < 1.29 is 4.79 Å². The maximum atomic E-state index is 12.2. The average Bonchev–Trinajstić information content (AvgIpc) is 2.46. The van der Waals surface area contributed by atoms with Crippen molar-refractivity contribution in [3.8, 4) is 0 Å². The molecule has 0 radical (unpaired) electrons. The van der Waals surface area contributed by atoms with Gasteiger partial charge < -0.3 is 10.7 Å². The Hall–Kier alpha value is -2.33. The second-order valence-corrected chi connectivity index (χ2v) is 4.86. The third-order valence-corrected chi connectivity index (χ3v) is 3.15. The van der Waals surface area contributed by atoms with Crippen LogP contribution >= 0.6 is 0 Å². The number of nitrogen functional groups attached to an aromatic ring is 1. The van der Waals surface area contributed by atoms with Crippen LogP contribution in [0.3, 0.4) is 0 Å². The Balaban J connectivity index is 2.08. The molecule has 4 nitrogen and oxygen atoms in total. The minimum Gasteiger partial charge on any atom is -0.348 e. The number of hydrazine groups is 1. The van der Waals surface area contributed by atoms with E-state index in [2.05, 4.69) is 10.7 Å². The summed E-state index contributed by atoms with van der Waals surface area (Å²) in [6.07, 6.45) is 0. The second-order valence-electron chi connectivity index (χ2n) is 4.86. The Morgan fingerprint density at radius 1 is 1.05 bits per heavy atom. The highest BCUT2D eigenvalue weighted by Gasteiger charge is 2.10. The van der Waals surface area contributed by atoms with Crippen LogP contribution in [0, 0.1) is 13.8 Å². The van der Waals surface area contributed by atoms with Gasteiger partial charge in [0.15, 0.2) is 0 Å². The van der Waals surface area contributed by atoms with Gasteiger partial charge in [0.05, 0.1) is 11.3 Å². The van der Waals surface area contributed by atoms with Gasteiger partial charge >= 0.3 is 0 Å². The summed E-state index contributed by atoms with van der Waals surface area (Å²) in [6.45, 7) is 4.47. The number of aryl methyl sites for hydroxylation is 2. The normalized spacial score (nSPS) is 10.2. The average molecular weight is 269 g/mol. The number of hydrogen-bond donors (Lipinski definition) is 3. The molecule has 4 N–H and O–H groups in total. The van der Waals surface area contributed by atoms with Gasteiger partial charge in [-0.2, -0.15) is 0 Å². The van der Waals surface area contributed by atoms with Gasteiger partial charge in [0.2, 0.25) is 0 Å². The molecular weight excluding hydrogens is 250 g/mol. The van der Waals surface area contributed by atoms with E-state index in [-0.39, 0.29) is 5.91 Å². The Kier molecular flexibility index (Phi) is 4.38. The highest BCUT2D eigenvalue weighted by atomic mass is 16.1. The lowest BCUT2D eigenvalue weighted by Crippen LogP contribution is -2.25. The summed E-state index contributed by atoms with van der Waals surface area (Å²) in [6, 6.07) is 13.6. The quantitative estimate of drug-likeness (QED) is 0.590. The summed E-state index contributed by atoms with van der Waals surface area (Å²) in [5.41, 5.74) is 7.01. The van der Waals surface area contributed by atoms with E-state index in [0.717, 1.165) is 11.1 Å². The van der Waals surface area contributed by atoms with Crippen LogP contribution in [0.5, 0.6) is 0 Å². The first-order valence-electron chi connectivity index (χ1n) is 6.51. The third-order valence-electron chi connectivity index (χ3n) is 3.15. The summed E-state index contributed by atoms with van der Waals surface area (Å²) in [4.78, 5) is 12.2. The first-order chi connectivity index (χ1) is 9.60. The number of nitrogens with two attached hydrogens (primary N) is 1. The van der Waals surface area contributed by atoms with E-state index in [1.54, 1.807) is 6.07 Å². The topological polar surface area (TPSA) is 67.2 Å². The molecule has 1 amide bonds. The van der Waals surface area contributed by atoms with Crippen LogP contribution in [0.4, 0.5) is 5.69 Å². The van der Waals surface area contributed by atoms with Crippen LogP contribution < -0.4 is 16.6 Å². The van der Waals surface area contributed by atoms with Crippen molar-refractivity contribution in [3.63, 3.8) is 0 Å². The van der Waals surface area contributed by atoms with Crippen LogP contribution in [0.2, 0.25) is 0 Å². The molecule has 0 fully saturated rings. The van der Waals surface area contributed by atoms with Crippen LogP contribution in [-0.4, -0.2) is 5.91 Å². The predicted octanol–water partition coefficient (Wildman–Crippen LogP) is 2.52. The molecule has 0 unspecified atom stereocenters. The Morgan fingerprint density at radius 3 is 2.35 bits per heavy atom. The SMILES string of the molecule is Cc1ccc(CNC(=O)c2cc(C)ccc2NN)cc1. The molecule has 2 rings (SSSR count). The van der Waals surface area contributed by atoms with Crippen molar-refractivity contribution >= 4 is 11.6 Å². The van der Waals surface area contributed by atoms with Crippen LogP contribution in [0.1, 0.15) is 27.0 Å². The summed E-state index contributed by atoms with van der Waals surface area (Å²) in [7, 11) is 0. The van der Waals surface area contributed by atoms with Crippen molar-refractivity contribution in [1.29, 1.82) is 0 Å². The van der Waals surface area contributed by atoms with Gasteiger partial charge in [0.25, 0.3) is 5.91 Å². The lowest BCUT2D eigenvalue weighted by molar-refractivity contribution is 0.0951. The number of anilines is 1. The molecule has 20 heavy (non-hydrogen) atoms. The van der Waals surface area contributed by atoms with Crippen molar-refractivity contribution in [2.75, 3.05) is 5.43 Å². The molecule has 0 bridgehead atoms. The molecule has 0 aliphatic carbocycles. The highest BCUT2D eigenvalue weighted by Crippen LogP contribution is 2.16. The number of hydrogen-bond acceptors (Lipinski definition) is 3. The van der Waals surface area contributed by atoms with Gasteiger partial charge in [-0.05, 0) is 31.5 Å². The Morgan fingerprint density at radius 2 is 1.70 bits per heavy atom. The van der Waals surface area contributed by atoms with Gasteiger partial charge in [-0.15, -0.1) is 0 Å². The lowest BCUT2D eigenvalue weighted by atomic mass is 10.1. The number of amides is 1. The standard InChI is InChI=1S/C16H19N3O/c1-11-3-6-13(7-4-11)10-18-16(20)14-9-12(2)5-8-15(14)19-17/h3-9,19H,10,17H2,1-2H3,(H,18,20). The number of carbonyl (C=O) groups excluding carboxylic acids is 1. The molecule has 0 aromatic heterocycles. The largest absolute Gasteiger partial charge is 0.348 e. The molecule has 0 aliphatic rings. The second kappa shape index (κ2) is 6.21. The minimum absolute atomic E-state index is 0.137. The Bertz CT molecular complexity index is 606. The molecule has 2 aromatic carbocycles. The molecule has 0 atom stereocenters. The molecule has 104 valence electrons. The summed E-state index contributed by atoms with van der Waals surface area (Å²) >= 11 is 0. The van der Waals surface area contributed by atoms with E-state index in [1.807, 2.05) is 50.2 Å². The number of nitrogens with one attached hydrogen (secondary N) is 2. The van der Waals surface area contributed by atoms with Crippen LogP contribution in [0.15, 0.2) is 42.5 Å². The van der Waals surface area contributed by atoms with E-state index in [9.17, 15) is 4.79 Å². The van der Waals surface area contributed by atoms with Gasteiger partial charge in [0, 0.05) is 6.54 Å². The lowest BCUT2D eigenvalue weighted by Gasteiger charge is -2.10. The first kappa shape index (κ1) is 14.1. The maximum Gasteiger partial charge on any atom is 0.253 e. The van der Waals surface area contributed by atoms with Gasteiger partial charge in [-0.25, -0.2) is 0 Å². The highest BCUT2D eigenvalue weighted by molar-refractivity contribution is 5.99. The van der Waals surface area contributed by atoms with Crippen LogP contribution in [0.25, 0.3) is 0 Å². The van der Waals surface area contributed by atoms with E-state index in [1.165, 1.54) is 5.56 Å². The molecule has 0 aliphatic heterocycles. The van der Waals surface area contributed by atoms with Gasteiger partial charge in [-0.3, -0.25) is 10.6 Å². The summed E-state index contributed by atoms with van der Waals surface area (Å²) in [5, 5.41) is 2.90. The van der Waals surface area contributed by atoms with E-state index in [4.69, 9.17) is 5.84 Å². The monoisotopic (exact) mass is 269 g/mol. The van der Waals surface area contributed by atoms with E-state index < -0.39 is 0 Å². The molecule has 0 saturated carbocycles. The van der Waals surface area contributed by atoms with E-state index in [0.29, 0.717) is 17.8 Å². The predicted molar refractivity (Wildman–Crippen MR) is 81.3 cm³/mol. The van der Waals surface area contributed by atoms with Crippen LogP contribution in [-0.2, 0) is 6.54 Å². The van der Waals surface area contributed by atoms with Crippen molar-refractivity contribution in [2.24, 2.45) is 5.84 Å². The smallest absolute Gasteiger partial charge is 0.253 e. The molecule has 0 saturated heterocycles. The van der Waals surface area contributed by atoms with Crippen molar-refractivity contribution in [2.45, 2.75) is 20.4 Å². The molecule has 2 aromatic rings. The fraction of sp³-hybridized carbons (Fsp3) is 0.188. The molecule has 0 heterocycles. The fourth-order valence-corrected chi connectivity index (χ4v) is 1.96. The van der Waals surface area contributed by atoms with E-state index >= 15 is 0 Å². The zero-order valence-corrected chi connectivity index (χ0v) is 11.7. The third kappa shape index (κ3) is 3.36. The zero-order valence-electron chi connectivity index (χ0n) is 11.7. The van der Waals surface area contributed by atoms with Gasteiger partial charge in [0.1, 0.15) is 0 Å². The zero-order chi connectivity index (χ0) is 14.5. The number of benzene rings is 2. The number of rotatable bonds is 4. The summed E-state index contributed by atoms with van der Waals surface area (Å²) < 4.78 is 0. The maximum absolute atomic E-state index is 12.2. The first-order valence-corrected chi connectivity index (χ1v) is 6.51. The van der Waals surface area contributed by atoms with Crippen molar-refractivity contribution in [3.05, 3.63) is 64.7 Å².